The van der Waals surface area contributed by atoms with Gasteiger partial charge in [0.05, 0.1) is 18.5 Å². The van der Waals surface area contributed by atoms with Crippen molar-refractivity contribution >= 4 is 5.69 Å². The molecule has 0 bridgehead atoms. The monoisotopic (exact) mass is 212 g/mol. The summed E-state index contributed by atoms with van der Waals surface area (Å²) in [7, 11) is 1.65. The van der Waals surface area contributed by atoms with Gasteiger partial charge in [0.25, 0.3) is 0 Å². The first-order chi connectivity index (χ1) is 7.28. The highest BCUT2D eigenvalue weighted by molar-refractivity contribution is 5.42. The fourth-order valence-corrected chi connectivity index (χ4v) is 2.04. The summed E-state index contributed by atoms with van der Waals surface area (Å²) in [5.41, 5.74) is 5.80. The molecule has 0 saturated carbocycles. The Morgan fingerprint density at radius 2 is 2.47 bits per heavy atom. The van der Waals surface area contributed by atoms with Gasteiger partial charge in [0.1, 0.15) is 0 Å². The van der Waals surface area contributed by atoms with E-state index in [1.807, 2.05) is 0 Å². The minimum atomic E-state index is -0.534. The first kappa shape index (κ1) is 10.4. The van der Waals surface area contributed by atoms with Crippen molar-refractivity contribution in [2.24, 2.45) is 0 Å². The van der Waals surface area contributed by atoms with Crippen molar-refractivity contribution in [2.45, 2.75) is 24.9 Å². The molecule has 0 aliphatic carbocycles. The zero-order valence-corrected chi connectivity index (χ0v) is 8.86. The van der Waals surface area contributed by atoms with E-state index in [9.17, 15) is 0 Å². The van der Waals surface area contributed by atoms with Crippen LogP contribution in [0.5, 0.6) is 0 Å². The highest BCUT2D eigenvalue weighted by atomic mass is 16.6. The van der Waals surface area contributed by atoms with Crippen LogP contribution in [-0.2, 0) is 15.1 Å². The van der Waals surface area contributed by atoms with Crippen LogP contribution in [0.4, 0.5) is 5.69 Å². The van der Waals surface area contributed by atoms with Crippen LogP contribution in [0.25, 0.3) is 0 Å². The molecule has 1 saturated heterocycles. The van der Waals surface area contributed by atoms with E-state index in [1.165, 1.54) is 6.20 Å². The molecular weight excluding hydrogens is 196 g/mol. The lowest BCUT2D eigenvalue weighted by molar-refractivity contribution is -0.134. The lowest BCUT2D eigenvalue weighted by Gasteiger charge is -2.34. The van der Waals surface area contributed by atoms with Crippen LogP contribution in [0, 0.1) is 0 Å². The molecule has 5 nitrogen and oxygen atoms in total. The third kappa shape index (κ3) is 1.85. The SMILES string of the molecule is COCC1(c2oncc2N)CCCCO1. The van der Waals surface area contributed by atoms with Crippen molar-refractivity contribution in [2.75, 3.05) is 26.1 Å². The smallest absolute Gasteiger partial charge is 0.193 e. The molecule has 1 atom stereocenters. The molecule has 0 spiro atoms. The molecule has 1 aliphatic rings. The molecule has 1 fully saturated rings. The number of ether oxygens (including phenoxy) is 2. The molecule has 1 aromatic heterocycles. The predicted molar refractivity (Wildman–Crippen MR) is 54.3 cm³/mol. The van der Waals surface area contributed by atoms with Gasteiger partial charge in [-0.15, -0.1) is 0 Å². The number of hydrogen-bond acceptors (Lipinski definition) is 5. The molecular formula is C10H16N2O3. The van der Waals surface area contributed by atoms with Crippen LogP contribution in [-0.4, -0.2) is 25.5 Å². The quantitative estimate of drug-likeness (QED) is 0.817. The summed E-state index contributed by atoms with van der Waals surface area (Å²) in [6.07, 6.45) is 4.52. The maximum Gasteiger partial charge on any atom is 0.193 e. The lowest BCUT2D eigenvalue weighted by atomic mass is 9.91. The van der Waals surface area contributed by atoms with Crippen LogP contribution in [0.15, 0.2) is 10.7 Å². The number of hydrogen-bond donors (Lipinski definition) is 1. The third-order valence-electron chi connectivity index (χ3n) is 2.74. The zero-order chi connectivity index (χ0) is 10.7. The van der Waals surface area contributed by atoms with Gasteiger partial charge in [0.2, 0.25) is 0 Å². The summed E-state index contributed by atoms with van der Waals surface area (Å²) >= 11 is 0. The zero-order valence-electron chi connectivity index (χ0n) is 8.86. The summed E-state index contributed by atoms with van der Waals surface area (Å²) in [6.45, 7) is 1.16. The Kier molecular flexibility index (Phi) is 2.93. The van der Waals surface area contributed by atoms with E-state index in [0.29, 0.717) is 24.7 Å². The van der Waals surface area contributed by atoms with Crippen LogP contribution in [0.2, 0.25) is 0 Å². The largest absolute Gasteiger partial charge is 0.394 e. The normalized spacial score (nSPS) is 26.7. The molecule has 0 radical (unpaired) electrons. The molecule has 2 N–H and O–H groups in total. The Bertz CT molecular complexity index is 313. The summed E-state index contributed by atoms with van der Waals surface area (Å²) in [5, 5.41) is 3.69. The van der Waals surface area contributed by atoms with Crippen molar-refractivity contribution < 1.29 is 14.0 Å². The Morgan fingerprint density at radius 1 is 1.60 bits per heavy atom. The van der Waals surface area contributed by atoms with Gasteiger partial charge in [0, 0.05) is 13.7 Å². The first-order valence-electron chi connectivity index (χ1n) is 5.12. The van der Waals surface area contributed by atoms with E-state index in [0.717, 1.165) is 19.3 Å². The van der Waals surface area contributed by atoms with Crippen molar-refractivity contribution in [1.29, 1.82) is 0 Å². The minimum absolute atomic E-state index is 0.451. The van der Waals surface area contributed by atoms with Crippen LogP contribution in [0.1, 0.15) is 25.0 Å². The Hall–Kier alpha value is -1.07. The van der Waals surface area contributed by atoms with Gasteiger partial charge in [0.15, 0.2) is 11.4 Å². The number of methoxy groups -OCH3 is 1. The minimum Gasteiger partial charge on any atom is -0.394 e. The molecule has 2 rings (SSSR count). The highest BCUT2D eigenvalue weighted by Gasteiger charge is 2.40. The summed E-state index contributed by atoms with van der Waals surface area (Å²) in [5.74, 6) is 0.601. The van der Waals surface area contributed by atoms with Gasteiger partial charge in [-0.1, -0.05) is 5.16 Å². The van der Waals surface area contributed by atoms with Crippen LogP contribution >= 0.6 is 0 Å². The first-order valence-corrected chi connectivity index (χ1v) is 5.12. The van der Waals surface area contributed by atoms with E-state index in [2.05, 4.69) is 5.16 Å². The Balaban J connectivity index is 2.29. The van der Waals surface area contributed by atoms with Gasteiger partial charge in [-0.25, -0.2) is 0 Å². The molecule has 1 unspecified atom stereocenters. The van der Waals surface area contributed by atoms with Crippen molar-refractivity contribution in [1.82, 2.24) is 5.16 Å². The van der Waals surface area contributed by atoms with Gasteiger partial charge in [-0.2, -0.15) is 0 Å². The van der Waals surface area contributed by atoms with E-state index in [-0.39, 0.29) is 0 Å². The maximum absolute atomic E-state index is 5.80. The number of aromatic nitrogens is 1. The number of nitrogens with zero attached hydrogens (tertiary/aromatic N) is 1. The molecule has 2 heterocycles. The average molecular weight is 212 g/mol. The van der Waals surface area contributed by atoms with Crippen LogP contribution in [0.3, 0.4) is 0 Å². The lowest BCUT2D eigenvalue weighted by Crippen LogP contribution is -2.38. The van der Waals surface area contributed by atoms with Crippen molar-refractivity contribution in [3.8, 4) is 0 Å². The number of nitrogens with two attached hydrogens (primary N) is 1. The molecule has 0 aromatic carbocycles. The van der Waals surface area contributed by atoms with E-state index in [1.54, 1.807) is 7.11 Å². The Morgan fingerprint density at radius 3 is 3.00 bits per heavy atom. The Labute approximate surface area is 88.5 Å². The molecule has 0 amide bonds. The van der Waals surface area contributed by atoms with Gasteiger partial charge in [-0.3, -0.25) is 0 Å². The van der Waals surface area contributed by atoms with Crippen molar-refractivity contribution in [3.63, 3.8) is 0 Å². The fraction of sp³-hybridized carbons (Fsp3) is 0.700. The molecule has 84 valence electrons. The number of rotatable bonds is 3. The van der Waals surface area contributed by atoms with Crippen LogP contribution < -0.4 is 5.73 Å². The second kappa shape index (κ2) is 4.20. The van der Waals surface area contributed by atoms with Gasteiger partial charge in [-0.05, 0) is 19.3 Å². The molecule has 1 aliphatic heterocycles. The average Bonchev–Trinajstić information content (AvgIpc) is 2.67. The van der Waals surface area contributed by atoms with Gasteiger partial charge < -0.3 is 19.7 Å². The van der Waals surface area contributed by atoms with Crippen molar-refractivity contribution in [3.05, 3.63) is 12.0 Å². The predicted octanol–water partition coefficient (Wildman–Crippen LogP) is 1.30. The number of nitrogen functional groups attached to an aromatic ring is 1. The van der Waals surface area contributed by atoms with E-state index in [4.69, 9.17) is 19.7 Å². The maximum atomic E-state index is 5.80. The fourth-order valence-electron chi connectivity index (χ4n) is 2.04. The summed E-state index contributed by atoms with van der Waals surface area (Å²) in [6, 6.07) is 0. The standard InChI is InChI=1S/C10H16N2O3/c1-13-7-10(4-2-3-5-14-10)9-8(11)6-12-15-9/h6H,2-5,7,11H2,1H3. The second-order valence-electron chi connectivity index (χ2n) is 3.84. The number of anilines is 1. The third-order valence-corrected chi connectivity index (χ3v) is 2.74. The summed E-state index contributed by atoms with van der Waals surface area (Å²) in [4.78, 5) is 0. The van der Waals surface area contributed by atoms with E-state index < -0.39 is 5.60 Å². The molecule has 5 heteroatoms. The second-order valence-corrected chi connectivity index (χ2v) is 3.84. The molecule has 15 heavy (non-hydrogen) atoms. The molecule has 1 aromatic rings. The van der Waals surface area contributed by atoms with Gasteiger partial charge >= 0.3 is 0 Å². The topological polar surface area (TPSA) is 70.5 Å². The summed E-state index contributed by atoms with van der Waals surface area (Å²) < 4.78 is 16.2. The highest BCUT2D eigenvalue weighted by Crippen LogP contribution is 2.38. The van der Waals surface area contributed by atoms with E-state index >= 15 is 0 Å².